The van der Waals surface area contributed by atoms with Crippen LogP contribution in [0.25, 0.3) is 10.8 Å². The number of carbonyl (C=O) groups is 2. The fourth-order valence-electron chi connectivity index (χ4n) is 2.70. The molecule has 0 spiro atoms. The number of nitrogens with one attached hydrogen (secondary N) is 2. The average Bonchev–Trinajstić information content (AvgIpc) is 2.71. The summed E-state index contributed by atoms with van der Waals surface area (Å²) in [4.78, 5) is 24.5. The van der Waals surface area contributed by atoms with Crippen LogP contribution in [0, 0.1) is 0 Å². The minimum Gasteiger partial charge on any atom is -0.483 e. The summed E-state index contributed by atoms with van der Waals surface area (Å²) < 4.78 is 5.69. The van der Waals surface area contributed by atoms with Gasteiger partial charge in [-0.25, -0.2) is 0 Å². The van der Waals surface area contributed by atoms with E-state index in [1.807, 2.05) is 42.5 Å². The van der Waals surface area contributed by atoms with Gasteiger partial charge in [-0.15, -0.1) is 6.58 Å². The van der Waals surface area contributed by atoms with Gasteiger partial charge in [-0.2, -0.15) is 0 Å². The van der Waals surface area contributed by atoms with Crippen molar-refractivity contribution in [2.24, 2.45) is 0 Å². The van der Waals surface area contributed by atoms with E-state index in [1.165, 1.54) is 0 Å². The molecule has 0 aliphatic heterocycles. The van der Waals surface area contributed by atoms with Crippen molar-refractivity contribution in [1.29, 1.82) is 0 Å². The van der Waals surface area contributed by atoms with Gasteiger partial charge in [0.2, 0.25) is 0 Å². The molecule has 0 saturated heterocycles. The third-order valence-electron chi connectivity index (χ3n) is 3.96. The first-order chi connectivity index (χ1) is 13.2. The molecule has 0 atom stereocenters. The molecule has 0 aliphatic carbocycles. The Hall–Kier alpha value is -3.60. The normalized spacial score (nSPS) is 10.2. The molecule has 0 radical (unpaired) electrons. The van der Waals surface area contributed by atoms with E-state index in [-0.39, 0.29) is 18.4 Å². The molecule has 0 saturated carbocycles. The Morgan fingerprint density at radius 3 is 2.56 bits per heavy atom. The van der Waals surface area contributed by atoms with E-state index in [4.69, 9.17) is 4.74 Å². The van der Waals surface area contributed by atoms with Crippen LogP contribution in [0.4, 0.5) is 5.69 Å². The molecule has 5 heteroatoms. The number of hydrogen-bond donors (Lipinski definition) is 2. The second-order valence-corrected chi connectivity index (χ2v) is 5.86. The van der Waals surface area contributed by atoms with Crippen molar-refractivity contribution in [3.05, 3.63) is 84.9 Å². The first-order valence-electron chi connectivity index (χ1n) is 8.57. The second-order valence-electron chi connectivity index (χ2n) is 5.86. The van der Waals surface area contributed by atoms with E-state index in [2.05, 4.69) is 17.2 Å². The first kappa shape index (κ1) is 18.2. The number of hydrogen-bond acceptors (Lipinski definition) is 3. The van der Waals surface area contributed by atoms with Gasteiger partial charge in [0.05, 0.1) is 11.3 Å². The summed E-state index contributed by atoms with van der Waals surface area (Å²) in [7, 11) is 0. The standard InChI is InChI=1S/C22H20N2O3/c1-2-14-23-22(26)18-11-5-6-12-19(18)24-21(25)15-27-20-13-7-9-16-8-3-4-10-17(16)20/h2-13H,1,14-15H2,(H,23,26)(H,24,25). The van der Waals surface area contributed by atoms with E-state index < -0.39 is 0 Å². The highest BCUT2D eigenvalue weighted by Gasteiger charge is 2.13. The van der Waals surface area contributed by atoms with Gasteiger partial charge >= 0.3 is 0 Å². The maximum atomic E-state index is 12.3. The highest BCUT2D eigenvalue weighted by molar-refractivity contribution is 6.04. The Kier molecular flexibility index (Phi) is 5.84. The van der Waals surface area contributed by atoms with Crippen LogP contribution in [0.2, 0.25) is 0 Å². The third-order valence-corrected chi connectivity index (χ3v) is 3.96. The number of fused-ring (bicyclic) bond motifs is 1. The van der Waals surface area contributed by atoms with Crippen LogP contribution >= 0.6 is 0 Å². The third kappa shape index (κ3) is 4.52. The molecule has 3 aromatic rings. The Balaban J connectivity index is 1.68. The molecule has 0 aliphatic rings. The Morgan fingerprint density at radius 1 is 0.963 bits per heavy atom. The van der Waals surface area contributed by atoms with Crippen LogP contribution in [0.5, 0.6) is 5.75 Å². The molecule has 3 aromatic carbocycles. The molecular weight excluding hydrogens is 340 g/mol. The lowest BCUT2D eigenvalue weighted by molar-refractivity contribution is -0.118. The lowest BCUT2D eigenvalue weighted by atomic mass is 10.1. The van der Waals surface area contributed by atoms with Crippen molar-refractivity contribution < 1.29 is 14.3 Å². The summed E-state index contributed by atoms with van der Waals surface area (Å²) in [5.41, 5.74) is 0.823. The summed E-state index contributed by atoms with van der Waals surface area (Å²) in [5, 5.41) is 7.42. The monoisotopic (exact) mass is 360 g/mol. The lowest BCUT2D eigenvalue weighted by Gasteiger charge is -2.12. The summed E-state index contributed by atoms with van der Waals surface area (Å²) in [6, 6.07) is 20.3. The second kappa shape index (κ2) is 8.67. The Morgan fingerprint density at radius 2 is 1.70 bits per heavy atom. The fraction of sp³-hybridized carbons (Fsp3) is 0.0909. The zero-order valence-electron chi connectivity index (χ0n) is 14.8. The van der Waals surface area contributed by atoms with Crippen LogP contribution in [-0.2, 0) is 4.79 Å². The number of benzene rings is 3. The van der Waals surface area contributed by atoms with Crippen molar-refractivity contribution in [2.45, 2.75) is 0 Å². The Labute approximate surface area is 157 Å². The molecule has 27 heavy (non-hydrogen) atoms. The van der Waals surface area contributed by atoms with Crippen molar-refractivity contribution in [3.8, 4) is 5.75 Å². The number of rotatable bonds is 7. The van der Waals surface area contributed by atoms with Crippen LogP contribution in [-0.4, -0.2) is 25.0 Å². The molecule has 3 rings (SSSR count). The van der Waals surface area contributed by atoms with E-state index in [0.29, 0.717) is 23.5 Å². The van der Waals surface area contributed by atoms with E-state index in [1.54, 1.807) is 30.3 Å². The quantitative estimate of drug-likeness (QED) is 0.630. The predicted molar refractivity (Wildman–Crippen MR) is 107 cm³/mol. The maximum Gasteiger partial charge on any atom is 0.262 e. The molecule has 2 amide bonds. The van der Waals surface area contributed by atoms with Crippen LogP contribution in [0.15, 0.2) is 79.4 Å². The summed E-state index contributed by atoms with van der Waals surface area (Å²) in [6.07, 6.45) is 1.59. The van der Waals surface area contributed by atoms with Gasteiger partial charge in [-0.3, -0.25) is 9.59 Å². The van der Waals surface area contributed by atoms with Gasteiger partial charge < -0.3 is 15.4 Å². The fourth-order valence-corrected chi connectivity index (χ4v) is 2.70. The highest BCUT2D eigenvalue weighted by atomic mass is 16.5. The number of ether oxygens (including phenoxy) is 1. The zero-order chi connectivity index (χ0) is 19.1. The summed E-state index contributed by atoms with van der Waals surface area (Å²) in [5.74, 6) is 0.0212. The van der Waals surface area contributed by atoms with Gasteiger partial charge in [-0.1, -0.05) is 54.6 Å². The average molecular weight is 360 g/mol. The van der Waals surface area contributed by atoms with Gasteiger partial charge in [-0.05, 0) is 23.6 Å². The van der Waals surface area contributed by atoms with Gasteiger partial charge in [0.15, 0.2) is 6.61 Å². The van der Waals surface area contributed by atoms with E-state index in [0.717, 1.165) is 10.8 Å². The van der Waals surface area contributed by atoms with Crippen molar-refractivity contribution >= 4 is 28.3 Å². The molecule has 0 bridgehead atoms. The van der Waals surface area contributed by atoms with Crippen molar-refractivity contribution in [3.63, 3.8) is 0 Å². The minimum atomic E-state index is -0.341. The zero-order valence-corrected chi connectivity index (χ0v) is 14.8. The van der Waals surface area contributed by atoms with Crippen molar-refractivity contribution in [1.82, 2.24) is 5.32 Å². The molecule has 5 nitrogen and oxygen atoms in total. The van der Waals surface area contributed by atoms with Crippen molar-refractivity contribution in [2.75, 3.05) is 18.5 Å². The highest BCUT2D eigenvalue weighted by Crippen LogP contribution is 2.25. The predicted octanol–water partition coefficient (Wildman–Crippen LogP) is 3.77. The molecule has 0 fully saturated rings. The summed E-state index contributed by atoms with van der Waals surface area (Å²) in [6.45, 7) is 3.77. The number of carbonyl (C=O) groups excluding carboxylic acids is 2. The van der Waals surface area contributed by atoms with Gasteiger partial charge in [0, 0.05) is 11.9 Å². The van der Waals surface area contributed by atoms with Gasteiger partial charge in [0.1, 0.15) is 5.75 Å². The smallest absolute Gasteiger partial charge is 0.262 e. The van der Waals surface area contributed by atoms with Crippen LogP contribution < -0.4 is 15.4 Å². The Bertz CT molecular complexity index is 977. The van der Waals surface area contributed by atoms with Crippen LogP contribution in [0.1, 0.15) is 10.4 Å². The molecule has 0 unspecified atom stereocenters. The lowest BCUT2D eigenvalue weighted by Crippen LogP contribution is -2.26. The minimum absolute atomic E-state index is 0.156. The largest absolute Gasteiger partial charge is 0.483 e. The van der Waals surface area contributed by atoms with Crippen LogP contribution in [0.3, 0.4) is 0 Å². The van der Waals surface area contributed by atoms with E-state index in [9.17, 15) is 9.59 Å². The first-order valence-corrected chi connectivity index (χ1v) is 8.57. The number of anilines is 1. The maximum absolute atomic E-state index is 12.3. The molecule has 0 heterocycles. The number of amides is 2. The molecule has 0 aromatic heterocycles. The molecular formula is C22H20N2O3. The topological polar surface area (TPSA) is 67.4 Å². The van der Waals surface area contributed by atoms with Gasteiger partial charge in [0.25, 0.3) is 11.8 Å². The molecule has 136 valence electrons. The number of para-hydroxylation sites is 1. The summed E-state index contributed by atoms with van der Waals surface area (Å²) >= 11 is 0. The SMILES string of the molecule is C=CCNC(=O)c1ccccc1NC(=O)COc1cccc2ccccc12. The van der Waals surface area contributed by atoms with E-state index >= 15 is 0 Å². The molecule has 2 N–H and O–H groups in total.